The topological polar surface area (TPSA) is 113 Å². The molecule has 0 aromatic heterocycles. The summed E-state index contributed by atoms with van der Waals surface area (Å²) in [5.74, 6) is -0.845. The van der Waals surface area contributed by atoms with Gasteiger partial charge in [0.05, 0.1) is 13.1 Å². The first-order valence-corrected chi connectivity index (χ1v) is 6.11. The number of amides is 3. The molecule has 0 atom stereocenters. The largest absolute Gasteiger partial charge is 0.355 e. The Kier molecular flexibility index (Phi) is 6.18. The highest BCUT2D eigenvalue weighted by Crippen LogP contribution is 2.04. The quantitative estimate of drug-likeness (QED) is 0.520. The SMILES string of the molecule is CNC(=O)c1ccc(CNC(=O)CNC(=O)CN)cc1. The van der Waals surface area contributed by atoms with E-state index in [1.807, 2.05) is 0 Å². The predicted molar refractivity (Wildman–Crippen MR) is 73.7 cm³/mol. The molecule has 1 aromatic rings. The molecule has 0 aliphatic carbocycles. The van der Waals surface area contributed by atoms with Crippen LogP contribution >= 0.6 is 0 Å². The minimum absolute atomic E-state index is 0.105. The molecule has 20 heavy (non-hydrogen) atoms. The average Bonchev–Trinajstić information content (AvgIpc) is 2.50. The highest BCUT2D eigenvalue weighted by Gasteiger charge is 2.05. The molecule has 0 heterocycles. The second-order valence-corrected chi connectivity index (χ2v) is 4.03. The molecular weight excluding hydrogens is 260 g/mol. The van der Waals surface area contributed by atoms with Crippen molar-refractivity contribution in [3.63, 3.8) is 0 Å². The molecule has 0 unspecified atom stereocenters. The normalized spacial score (nSPS) is 9.70. The van der Waals surface area contributed by atoms with Gasteiger partial charge in [-0.05, 0) is 17.7 Å². The third kappa shape index (κ3) is 5.07. The van der Waals surface area contributed by atoms with E-state index < -0.39 is 0 Å². The van der Waals surface area contributed by atoms with E-state index in [1.165, 1.54) is 0 Å². The maximum absolute atomic E-state index is 11.4. The molecule has 1 rings (SSSR count). The Morgan fingerprint density at radius 1 is 1.05 bits per heavy atom. The van der Waals surface area contributed by atoms with Crippen LogP contribution in [0.3, 0.4) is 0 Å². The number of hydrogen-bond donors (Lipinski definition) is 4. The van der Waals surface area contributed by atoms with E-state index in [4.69, 9.17) is 5.73 Å². The lowest BCUT2D eigenvalue weighted by Crippen LogP contribution is -2.39. The average molecular weight is 278 g/mol. The molecule has 0 aliphatic heterocycles. The Morgan fingerprint density at radius 3 is 2.25 bits per heavy atom. The Labute approximate surface area is 116 Å². The van der Waals surface area contributed by atoms with Crippen LogP contribution in [0.1, 0.15) is 15.9 Å². The van der Waals surface area contributed by atoms with E-state index in [0.717, 1.165) is 5.56 Å². The number of hydrogen-bond acceptors (Lipinski definition) is 4. The zero-order valence-electron chi connectivity index (χ0n) is 11.2. The van der Waals surface area contributed by atoms with Crippen molar-refractivity contribution in [2.24, 2.45) is 5.73 Å². The van der Waals surface area contributed by atoms with E-state index >= 15 is 0 Å². The van der Waals surface area contributed by atoms with Crippen LogP contribution in [-0.2, 0) is 16.1 Å². The van der Waals surface area contributed by atoms with Crippen molar-refractivity contribution in [3.05, 3.63) is 35.4 Å². The van der Waals surface area contributed by atoms with Crippen molar-refractivity contribution < 1.29 is 14.4 Å². The van der Waals surface area contributed by atoms with E-state index in [0.29, 0.717) is 12.1 Å². The second-order valence-electron chi connectivity index (χ2n) is 4.03. The van der Waals surface area contributed by atoms with Crippen LogP contribution in [0.25, 0.3) is 0 Å². The highest BCUT2D eigenvalue weighted by atomic mass is 16.2. The van der Waals surface area contributed by atoms with Crippen molar-refractivity contribution in [2.75, 3.05) is 20.1 Å². The zero-order valence-corrected chi connectivity index (χ0v) is 11.2. The van der Waals surface area contributed by atoms with Crippen LogP contribution < -0.4 is 21.7 Å². The van der Waals surface area contributed by atoms with Gasteiger partial charge in [0, 0.05) is 19.2 Å². The van der Waals surface area contributed by atoms with Gasteiger partial charge in [-0.25, -0.2) is 0 Å². The summed E-state index contributed by atoms with van der Waals surface area (Å²) in [6, 6.07) is 6.86. The van der Waals surface area contributed by atoms with Gasteiger partial charge in [-0.15, -0.1) is 0 Å². The zero-order chi connectivity index (χ0) is 15.0. The first-order chi connectivity index (χ1) is 9.56. The molecule has 0 bridgehead atoms. The van der Waals surface area contributed by atoms with Gasteiger partial charge in [0.15, 0.2) is 0 Å². The number of carbonyl (C=O) groups excluding carboxylic acids is 3. The second kappa shape index (κ2) is 7.90. The van der Waals surface area contributed by atoms with Gasteiger partial charge in [-0.2, -0.15) is 0 Å². The molecule has 7 nitrogen and oxygen atoms in total. The van der Waals surface area contributed by atoms with Crippen molar-refractivity contribution in [3.8, 4) is 0 Å². The predicted octanol–water partition coefficient (Wildman–Crippen LogP) is -1.26. The molecule has 0 fully saturated rings. The van der Waals surface area contributed by atoms with Gasteiger partial charge in [-0.3, -0.25) is 14.4 Å². The summed E-state index contributed by atoms with van der Waals surface area (Å²) in [7, 11) is 1.56. The number of nitrogens with one attached hydrogen (secondary N) is 3. The molecule has 3 amide bonds. The summed E-state index contributed by atoms with van der Waals surface area (Å²) in [6.45, 7) is 0.0753. The Hall–Kier alpha value is -2.41. The fourth-order valence-electron chi connectivity index (χ4n) is 1.43. The summed E-state index contributed by atoms with van der Waals surface area (Å²) in [5.41, 5.74) is 6.51. The summed E-state index contributed by atoms with van der Waals surface area (Å²) < 4.78 is 0. The standard InChI is InChI=1S/C13H18N4O3/c1-15-13(20)10-4-2-9(3-5-10)7-16-12(19)8-17-11(18)6-14/h2-5H,6-8,14H2,1H3,(H,15,20)(H,16,19)(H,17,18). The summed E-state index contributed by atoms with van der Waals surface area (Å²) in [4.78, 5) is 33.6. The minimum Gasteiger partial charge on any atom is -0.355 e. The molecule has 0 saturated heterocycles. The summed E-state index contributed by atoms with van der Waals surface area (Å²) in [5, 5.41) is 7.54. The number of carbonyl (C=O) groups is 3. The molecule has 108 valence electrons. The lowest BCUT2D eigenvalue weighted by Gasteiger charge is -2.07. The van der Waals surface area contributed by atoms with Crippen LogP contribution in [-0.4, -0.2) is 37.9 Å². The van der Waals surface area contributed by atoms with E-state index in [-0.39, 0.29) is 30.8 Å². The van der Waals surface area contributed by atoms with Crippen molar-refractivity contribution in [1.82, 2.24) is 16.0 Å². The minimum atomic E-state index is -0.380. The summed E-state index contributed by atoms with van der Waals surface area (Å²) >= 11 is 0. The smallest absolute Gasteiger partial charge is 0.251 e. The highest BCUT2D eigenvalue weighted by molar-refractivity contribution is 5.94. The lowest BCUT2D eigenvalue weighted by atomic mass is 10.1. The molecule has 7 heteroatoms. The van der Waals surface area contributed by atoms with Crippen molar-refractivity contribution >= 4 is 17.7 Å². The lowest BCUT2D eigenvalue weighted by molar-refractivity contribution is -0.125. The molecule has 0 aliphatic rings. The molecule has 0 spiro atoms. The van der Waals surface area contributed by atoms with E-state index in [9.17, 15) is 14.4 Å². The molecule has 0 saturated carbocycles. The van der Waals surface area contributed by atoms with Crippen LogP contribution in [0.2, 0.25) is 0 Å². The van der Waals surface area contributed by atoms with Gasteiger partial charge >= 0.3 is 0 Å². The van der Waals surface area contributed by atoms with Gasteiger partial charge in [0.25, 0.3) is 5.91 Å². The molecule has 0 radical (unpaired) electrons. The monoisotopic (exact) mass is 278 g/mol. The van der Waals surface area contributed by atoms with Crippen LogP contribution in [0.5, 0.6) is 0 Å². The maximum Gasteiger partial charge on any atom is 0.251 e. The Morgan fingerprint density at radius 2 is 1.70 bits per heavy atom. The Bertz CT molecular complexity index is 485. The van der Waals surface area contributed by atoms with E-state index in [1.54, 1.807) is 31.3 Å². The number of benzene rings is 1. The van der Waals surface area contributed by atoms with Crippen LogP contribution in [0.4, 0.5) is 0 Å². The molecular formula is C13H18N4O3. The van der Waals surface area contributed by atoms with Gasteiger partial charge in [0.1, 0.15) is 0 Å². The molecule has 5 N–H and O–H groups in total. The van der Waals surface area contributed by atoms with Gasteiger partial charge in [-0.1, -0.05) is 12.1 Å². The van der Waals surface area contributed by atoms with E-state index in [2.05, 4.69) is 16.0 Å². The third-order valence-electron chi connectivity index (χ3n) is 2.56. The first kappa shape index (κ1) is 15.6. The van der Waals surface area contributed by atoms with Gasteiger partial charge < -0.3 is 21.7 Å². The fourth-order valence-corrected chi connectivity index (χ4v) is 1.43. The number of rotatable bonds is 6. The summed E-state index contributed by atoms with van der Waals surface area (Å²) in [6.07, 6.45) is 0. The van der Waals surface area contributed by atoms with Crippen molar-refractivity contribution in [1.29, 1.82) is 0 Å². The maximum atomic E-state index is 11.4. The fraction of sp³-hybridized carbons (Fsp3) is 0.308. The Balaban J connectivity index is 2.40. The first-order valence-electron chi connectivity index (χ1n) is 6.11. The van der Waals surface area contributed by atoms with Gasteiger partial charge in [0.2, 0.25) is 11.8 Å². The van der Waals surface area contributed by atoms with Crippen LogP contribution in [0, 0.1) is 0 Å². The van der Waals surface area contributed by atoms with Crippen molar-refractivity contribution in [2.45, 2.75) is 6.54 Å². The number of nitrogens with two attached hydrogens (primary N) is 1. The molecule has 1 aromatic carbocycles. The third-order valence-corrected chi connectivity index (χ3v) is 2.56. The van der Waals surface area contributed by atoms with Crippen LogP contribution in [0.15, 0.2) is 24.3 Å².